The van der Waals surface area contributed by atoms with Crippen LogP contribution in [0.1, 0.15) is 58.1 Å². The number of nitrogens with two attached hydrogens (primary N) is 1. The van der Waals surface area contributed by atoms with E-state index in [2.05, 4.69) is 56.4 Å². The quantitative estimate of drug-likeness (QED) is 0.871. The summed E-state index contributed by atoms with van der Waals surface area (Å²) in [5, 5.41) is 3.86. The maximum Gasteiger partial charge on any atom is 0.0371 e. The summed E-state index contributed by atoms with van der Waals surface area (Å²) in [5.41, 5.74) is 7.70. The Morgan fingerprint density at radius 2 is 1.84 bits per heavy atom. The van der Waals surface area contributed by atoms with E-state index in [-0.39, 0.29) is 5.41 Å². The first kappa shape index (κ1) is 14.5. The van der Waals surface area contributed by atoms with Crippen LogP contribution in [0.25, 0.3) is 0 Å². The van der Waals surface area contributed by atoms with Crippen LogP contribution in [0.2, 0.25) is 0 Å². The Morgan fingerprint density at radius 1 is 1.16 bits per heavy atom. The molecule has 1 fully saturated rings. The van der Waals surface area contributed by atoms with E-state index < -0.39 is 0 Å². The lowest BCUT2D eigenvalue weighted by molar-refractivity contribution is 0.219. The van der Waals surface area contributed by atoms with Gasteiger partial charge in [-0.3, -0.25) is 0 Å². The van der Waals surface area contributed by atoms with E-state index in [4.69, 9.17) is 5.73 Å². The molecular weight excluding hydrogens is 232 g/mol. The summed E-state index contributed by atoms with van der Waals surface area (Å²) in [5.74, 6) is 0. The van der Waals surface area contributed by atoms with Gasteiger partial charge in [0.15, 0.2) is 0 Å². The first-order valence-electron chi connectivity index (χ1n) is 7.53. The molecule has 0 saturated heterocycles. The molecule has 1 aromatic carbocycles. The van der Waals surface area contributed by atoms with Gasteiger partial charge in [0.05, 0.1) is 0 Å². The van der Waals surface area contributed by atoms with Crippen molar-refractivity contribution in [2.75, 3.05) is 0 Å². The standard InChI is InChI=1S/C17H28N2/c1-17(2,3)16(13-8-5-4-6-9-13)19-15-11-7-10-14(18)12-15/h4-6,8-9,14-16,19H,7,10-12,18H2,1-3H3. The summed E-state index contributed by atoms with van der Waals surface area (Å²) in [6, 6.07) is 12.1. The zero-order valence-corrected chi connectivity index (χ0v) is 12.5. The molecule has 0 aromatic heterocycles. The minimum Gasteiger partial charge on any atom is -0.328 e. The van der Waals surface area contributed by atoms with E-state index in [9.17, 15) is 0 Å². The van der Waals surface area contributed by atoms with Crippen molar-refractivity contribution in [1.29, 1.82) is 0 Å². The summed E-state index contributed by atoms with van der Waals surface area (Å²) in [6.07, 6.45) is 4.81. The number of hydrogen-bond acceptors (Lipinski definition) is 2. The average Bonchev–Trinajstić information content (AvgIpc) is 2.36. The van der Waals surface area contributed by atoms with Crippen molar-refractivity contribution < 1.29 is 0 Å². The molecule has 106 valence electrons. The second kappa shape index (κ2) is 6.06. The molecule has 3 atom stereocenters. The molecule has 3 N–H and O–H groups in total. The molecule has 0 spiro atoms. The van der Waals surface area contributed by atoms with E-state index in [0.29, 0.717) is 18.1 Å². The van der Waals surface area contributed by atoms with Crippen LogP contribution >= 0.6 is 0 Å². The van der Waals surface area contributed by atoms with Crippen molar-refractivity contribution in [1.82, 2.24) is 5.32 Å². The molecule has 0 aliphatic heterocycles. The molecule has 0 amide bonds. The van der Waals surface area contributed by atoms with Crippen molar-refractivity contribution >= 4 is 0 Å². The fourth-order valence-electron chi connectivity index (χ4n) is 3.11. The topological polar surface area (TPSA) is 38.0 Å². The first-order valence-corrected chi connectivity index (χ1v) is 7.53. The number of hydrogen-bond donors (Lipinski definition) is 2. The highest BCUT2D eigenvalue weighted by atomic mass is 15.0. The molecule has 1 aliphatic rings. The first-order chi connectivity index (χ1) is 8.97. The zero-order chi connectivity index (χ0) is 13.9. The number of nitrogens with one attached hydrogen (secondary N) is 1. The largest absolute Gasteiger partial charge is 0.328 e. The maximum atomic E-state index is 6.11. The molecule has 0 bridgehead atoms. The molecule has 0 heterocycles. The molecule has 1 aromatic rings. The molecule has 0 radical (unpaired) electrons. The fraction of sp³-hybridized carbons (Fsp3) is 0.647. The highest BCUT2D eigenvalue weighted by molar-refractivity contribution is 5.21. The van der Waals surface area contributed by atoms with Crippen LogP contribution < -0.4 is 11.1 Å². The van der Waals surface area contributed by atoms with Crippen LogP contribution in [0.5, 0.6) is 0 Å². The van der Waals surface area contributed by atoms with Crippen LogP contribution in [-0.2, 0) is 0 Å². The van der Waals surface area contributed by atoms with E-state index >= 15 is 0 Å². The van der Waals surface area contributed by atoms with Crippen molar-refractivity contribution in [2.45, 2.75) is 64.6 Å². The van der Waals surface area contributed by atoms with Crippen molar-refractivity contribution in [2.24, 2.45) is 11.1 Å². The third kappa shape index (κ3) is 4.05. The summed E-state index contributed by atoms with van der Waals surface area (Å²) < 4.78 is 0. The van der Waals surface area contributed by atoms with Gasteiger partial charge in [0.2, 0.25) is 0 Å². The Kier molecular flexibility index (Phi) is 4.64. The minimum atomic E-state index is 0.211. The molecule has 3 unspecified atom stereocenters. The highest BCUT2D eigenvalue weighted by Crippen LogP contribution is 2.34. The lowest BCUT2D eigenvalue weighted by Crippen LogP contribution is -2.44. The maximum absolute atomic E-state index is 6.11. The predicted octanol–water partition coefficient (Wildman–Crippen LogP) is 3.63. The van der Waals surface area contributed by atoms with Gasteiger partial charge in [-0.1, -0.05) is 57.5 Å². The Hall–Kier alpha value is -0.860. The third-order valence-electron chi connectivity index (χ3n) is 4.12. The normalized spacial score (nSPS) is 26.1. The second-order valence-corrected chi connectivity index (χ2v) is 7.00. The summed E-state index contributed by atoms with van der Waals surface area (Å²) >= 11 is 0. The van der Waals surface area contributed by atoms with Crippen LogP contribution in [0, 0.1) is 5.41 Å². The zero-order valence-electron chi connectivity index (χ0n) is 12.5. The molecule has 1 saturated carbocycles. The van der Waals surface area contributed by atoms with Crippen LogP contribution in [0.15, 0.2) is 30.3 Å². The summed E-state index contributed by atoms with van der Waals surface area (Å²) in [6.45, 7) is 6.92. The van der Waals surface area contributed by atoms with Gasteiger partial charge >= 0.3 is 0 Å². The van der Waals surface area contributed by atoms with E-state index in [1.807, 2.05) is 0 Å². The molecule has 19 heavy (non-hydrogen) atoms. The molecule has 1 aliphatic carbocycles. The van der Waals surface area contributed by atoms with Gasteiger partial charge in [-0.15, -0.1) is 0 Å². The van der Waals surface area contributed by atoms with Crippen molar-refractivity contribution in [3.63, 3.8) is 0 Å². The van der Waals surface area contributed by atoms with Crippen LogP contribution in [0.4, 0.5) is 0 Å². The molecule has 2 heteroatoms. The SMILES string of the molecule is CC(C)(C)C(NC1CCCC(N)C1)c1ccccc1. The minimum absolute atomic E-state index is 0.211. The number of rotatable bonds is 3. The van der Waals surface area contributed by atoms with E-state index in [0.717, 1.165) is 6.42 Å². The smallest absolute Gasteiger partial charge is 0.0371 e. The second-order valence-electron chi connectivity index (χ2n) is 7.00. The Morgan fingerprint density at radius 3 is 2.42 bits per heavy atom. The Bertz CT molecular complexity index is 380. The number of benzene rings is 1. The molecular formula is C17H28N2. The van der Waals surface area contributed by atoms with Gasteiger partial charge in [0.25, 0.3) is 0 Å². The predicted molar refractivity (Wildman–Crippen MR) is 82.0 cm³/mol. The highest BCUT2D eigenvalue weighted by Gasteiger charge is 2.29. The lowest BCUT2D eigenvalue weighted by Gasteiger charge is -2.38. The third-order valence-corrected chi connectivity index (χ3v) is 4.12. The van der Waals surface area contributed by atoms with Crippen molar-refractivity contribution in [3.05, 3.63) is 35.9 Å². The van der Waals surface area contributed by atoms with E-state index in [1.165, 1.54) is 24.8 Å². The van der Waals surface area contributed by atoms with Crippen LogP contribution in [0.3, 0.4) is 0 Å². The Labute approximate surface area is 117 Å². The van der Waals surface area contributed by atoms with Crippen LogP contribution in [-0.4, -0.2) is 12.1 Å². The van der Waals surface area contributed by atoms with Gasteiger partial charge < -0.3 is 11.1 Å². The van der Waals surface area contributed by atoms with Gasteiger partial charge in [-0.25, -0.2) is 0 Å². The summed E-state index contributed by atoms with van der Waals surface area (Å²) in [4.78, 5) is 0. The van der Waals surface area contributed by atoms with Gasteiger partial charge in [-0.2, -0.15) is 0 Å². The summed E-state index contributed by atoms with van der Waals surface area (Å²) in [7, 11) is 0. The fourth-order valence-corrected chi connectivity index (χ4v) is 3.11. The molecule has 2 rings (SSSR count). The van der Waals surface area contributed by atoms with Crippen molar-refractivity contribution in [3.8, 4) is 0 Å². The monoisotopic (exact) mass is 260 g/mol. The van der Waals surface area contributed by atoms with Gasteiger partial charge in [-0.05, 0) is 30.2 Å². The lowest BCUT2D eigenvalue weighted by atomic mass is 9.80. The Balaban J connectivity index is 2.11. The molecule has 2 nitrogen and oxygen atoms in total. The van der Waals surface area contributed by atoms with E-state index in [1.54, 1.807) is 0 Å². The average molecular weight is 260 g/mol. The van der Waals surface area contributed by atoms with Gasteiger partial charge in [0, 0.05) is 18.1 Å². The van der Waals surface area contributed by atoms with Gasteiger partial charge in [0.1, 0.15) is 0 Å².